The summed E-state index contributed by atoms with van der Waals surface area (Å²) in [5, 5.41) is 2.90. The number of hydrogen-bond donors (Lipinski definition) is 1. The van der Waals surface area contributed by atoms with Crippen molar-refractivity contribution in [2.75, 3.05) is 38.8 Å². The molecule has 10 nitrogen and oxygen atoms in total. The van der Waals surface area contributed by atoms with E-state index < -0.39 is 28.6 Å². The zero-order valence-electron chi connectivity index (χ0n) is 25.1. The molecule has 0 aliphatic carbocycles. The minimum absolute atomic E-state index is 0.0538. The lowest BCUT2D eigenvalue weighted by atomic mass is 10.1. The molecule has 0 fully saturated rings. The molecule has 0 unspecified atom stereocenters. The largest absolute Gasteiger partial charge is 0.493 e. The number of nitrogens with zero attached hydrogens (tertiary/aromatic N) is 2. The van der Waals surface area contributed by atoms with Gasteiger partial charge < -0.3 is 24.4 Å². The number of para-hydroxylation sites is 2. The summed E-state index contributed by atoms with van der Waals surface area (Å²) in [4.78, 5) is 28.6. The highest BCUT2D eigenvalue weighted by Gasteiger charge is 2.36. The number of carbonyl (C=O) groups excluding carboxylic acids is 2. The molecule has 0 saturated heterocycles. The molecule has 0 bridgehead atoms. The predicted molar refractivity (Wildman–Crippen MR) is 170 cm³/mol. The summed E-state index contributed by atoms with van der Waals surface area (Å²) in [7, 11) is -1.31. The first-order valence-electron chi connectivity index (χ1n) is 14.4. The van der Waals surface area contributed by atoms with E-state index in [4.69, 9.17) is 14.2 Å². The summed E-state index contributed by atoms with van der Waals surface area (Å²) in [6, 6.07) is 30.0. The maximum atomic E-state index is 14.0. The molecule has 2 amide bonds. The van der Waals surface area contributed by atoms with E-state index in [0.29, 0.717) is 35.7 Å². The molecule has 1 aliphatic heterocycles. The van der Waals surface area contributed by atoms with Gasteiger partial charge in [-0.05, 0) is 41.8 Å². The molecule has 4 aromatic carbocycles. The Hall–Kier alpha value is -4.87. The van der Waals surface area contributed by atoms with Gasteiger partial charge in [-0.2, -0.15) is 4.31 Å². The van der Waals surface area contributed by atoms with Crippen LogP contribution in [0.1, 0.15) is 11.1 Å². The molecule has 1 aliphatic rings. The molecular formula is C34H35N3O7S. The second-order valence-corrected chi connectivity index (χ2v) is 12.3. The quantitative estimate of drug-likeness (QED) is 0.252. The Morgan fingerprint density at radius 3 is 2.20 bits per heavy atom. The Bertz CT molecular complexity index is 1730. The van der Waals surface area contributed by atoms with Crippen LogP contribution in [0.25, 0.3) is 0 Å². The highest BCUT2D eigenvalue weighted by atomic mass is 32.2. The normalized spacial score (nSPS) is 14.3. The van der Waals surface area contributed by atoms with Crippen LogP contribution >= 0.6 is 0 Å². The smallest absolute Gasteiger partial charge is 0.262 e. The van der Waals surface area contributed by atoms with Gasteiger partial charge in [-0.25, -0.2) is 8.42 Å². The number of ether oxygens (including phenoxy) is 3. The van der Waals surface area contributed by atoms with Gasteiger partial charge in [0, 0.05) is 19.2 Å². The van der Waals surface area contributed by atoms with Gasteiger partial charge in [-0.1, -0.05) is 72.8 Å². The molecule has 1 N–H and O–H groups in total. The number of anilines is 1. The average molecular weight is 630 g/mol. The fourth-order valence-electron chi connectivity index (χ4n) is 5.07. The molecule has 1 heterocycles. The van der Waals surface area contributed by atoms with E-state index in [2.05, 4.69) is 5.32 Å². The van der Waals surface area contributed by atoms with Crippen molar-refractivity contribution in [1.82, 2.24) is 9.62 Å². The number of nitrogens with one attached hydrogen (secondary N) is 1. The summed E-state index contributed by atoms with van der Waals surface area (Å²) in [6.07, 6.45) is -0.342. The van der Waals surface area contributed by atoms with Gasteiger partial charge in [0.25, 0.3) is 5.91 Å². The first kappa shape index (κ1) is 31.6. The van der Waals surface area contributed by atoms with E-state index in [1.807, 2.05) is 36.4 Å². The summed E-state index contributed by atoms with van der Waals surface area (Å²) < 4.78 is 45.8. The fraction of sp³-hybridized carbons (Fsp3) is 0.235. The van der Waals surface area contributed by atoms with Gasteiger partial charge in [-0.15, -0.1) is 0 Å². The van der Waals surface area contributed by atoms with Crippen molar-refractivity contribution in [3.05, 3.63) is 114 Å². The predicted octanol–water partition coefficient (Wildman–Crippen LogP) is 4.05. The Morgan fingerprint density at radius 1 is 0.867 bits per heavy atom. The lowest BCUT2D eigenvalue weighted by molar-refractivity contribution is -0.128. The molecule has 0 spiro atoms. The molecule has 0 radical (unpaired) electrons. The number of fused-ring (bicyclic) bond motifs is 1. The first-order chi connectivity index (χ1) is 21.8. The van der Waals surface area contributed by atoms with Crippen LogP contribution < -0.4 is 24.4 Å². The van der Waals surface area contributed by atoms with Crippen LogP contribution in [0.5, 0.6) is 17.2 Å². The number of benzene rings is 4. The van der Waals surface area contributed by atoms with Crippen LogP contribution in [0.3, 0.4) is 0 Å². The number of methoxy groups -OCH3 is 2. The minimum atomic E-state index is -4.20. The van der Waals surface area contributed by atoms with Gasteiger partial charge in [0.1, 0.15) is 5.75 Å². The molecule has 0 aromatic heterocycles. The monoisotopic (exact) mass is 629 g/mol. The van der Waals surface area contributed by atoms with Gasteiger partial charge >= 0.3 is 0 Å². The topological polar surface area (TPSA) is 114 Å². The van der Waals surface area contributed by atoms with Crippen molar-refractivity contribution in [3.8, 4) is 17.2 Å². The number of rotatable bonds is 12. The Kier molecular flexibility index (Phi) is 10.0. The summed E-state index contributed by atoms with van der Waals surface area (Å²) >= 11 is 0. The van der Waals surface area contributed by atoms with Crippen molar-refractivity contribution in [2.24, 2.45) is 0 Å². The van der Waals surface area contributed by atoms with Gasteiger partial charge in [0.15, 0.2) is 17.6 Å². The second-order valence-electron chi connectivity index (χ2n) is 10.4. The third kappa shape index (κ3) is 7.44. The zero-order valence-corrected chi connectivity index (χ0v) is 25.9. The number of hydrogen-bond acceptors (Lipinski definition) is 7. The van der Waals surface area contributed by atoms with Crippen LogP contribution in [0.4, 0.5) is 5.69 Å². The molecule has 11 heteroatoms. The lowest BCUT2D eigenvalue weighted by Crippen LogP contribution is -2.53. The number of amides is 2. The van der Waals surface area contributed by atoms with Crippen molar-refractivity contribution < 1.29 is 32.2 Å². The third-order valence-corrected chi connectivity index (χ3v) is 9.22. The van der Waals surface area contributed by atoms with Gasteiger partial charge in [0.05, 0.1) is 37.9 Å². The van der Waals surface area contributed by atoms with E-state index >= 15 is 0 Å². The maximum Gasteiger partial charge on any atom is 0.262 e. The van der Waals surface area contributed by atoms with E-state index in [0.717, 1.165) is 9.87 Å². The maximum absolute atomic E-state index is 14.0. The standard InChI is InChI=1S/C34H35N3O7S/c1-42-30-18-17-27(21-31(30)43-2)45(40,41)36(22-26-13-7-4-8-14-26)24-33(38)37-23-32(44-29-16-10-9-15-28(29)37)34(39)35-20-19-25-11-5-3-6-12-25/h3-18,21,32H,19-20,22-24H2,1-2H3,(H,35,39)/t32-/m0/s1. The van der Waals surface area contributed by atoms with Crippen molar-refractivity contribution in [3.63, 3.8) is 0 Å². The van der Waals surface area contributed by atoms with Crippen LogP contribution in [-0.4, -0.2) is 64.5 Å². The fourth-order valence-corrected chi connectivity index (χ4v) is 6.46. The number of carbonyl (C=O) groups is 2. The molecule has 5 rings (SSSR count). The van der Waals surface area contributed by atoms with Crippen LogP contribution in [0, 0.1) is 0 Å². The van der Waals surface area contributed by atoms with Crippen LogP contribution in [0.2, 0.25) is 0 Å². The second kappa shape index (κ2) is 14.3. The van der Waals surface area contributed by atoms with Crippen LogP contribution in [0.15, 0.2) is 108 Å². The summed E-state index contributed by atoms with van der Waals surface area (Å²) in [6.45, 7) is -0.226. The Labute approximate surface area is 263 Å². The molecular weight excluding hydrogens is 594 g/mol. The summed E-state index contributed by atoms with van der Waals surface area (Å²) in [5.74, 6) is 0.107. The van der Waals surface area contributed by atoms with Gasteiger partial charge in [-0.3, -0.25) is 9.59 Å². The average Bonchev–Trinajstić information content (AvgIpc) is 3.07. The molecule has 45 heavy (non-hydrogen) atoms. The number of sulfonamides is 1. The van der Waals surface area contributed by atoms with E-state index in [1.54, 1.807) is 48.5 Å². The van der Waals surface area contributed by atoms with E-state index in [-0.39, 0.29) is 29.6 Å². The van der Waals surface area contributed by atoms with Crippen molar-refractivity contribution in [2.45, 2.75) is 24.0 Å². The third-order valence-electron chi connectivity index (χ3n) is 7.43. The van der Waals surface area contributed by atoms with Crippen molar-refractivity contribution >= 4 is 27.5 Å². The SMILES string of the molecule is COc1ccc(S(=O)(=O)N(CC(=O)N2C[C@@H](C(=O)NCCc3ccccc3)Oc3ccccc32)Cc2ccccc2)cc1OC. The van der Waals surface area contributed by atoms with E-state index in [9.17, 15) is 18.0 Å². The van der Waals surface area contributed by atoms with Crippen molar-refractivity contribution in [1.29, 1.82) is 0 Å². The lowest BCUT2D eigenvalue weighted by Gasteiger charge is -2.35. The minimum Gasteiger partial charge on any atom is -0.493 e. The zero-order chi connectivity index (χ0) is 31.8. The highest BCUT2D eigenvalue weighted by molar-refractivity contribution is 7.89. The molecule has 234 valence electrons. The van der Waals surface area contributed by atoms with E-state index in [1.165, 1.54) is 37.3 Å². The Morgan fingerprint density at radius 2 is 1.51 bits per heavy atom. The first-order valence-corrected chi connectivity index (χ1v) is 15.9. The molecule has 0 saturated carbocycles. The van der Waals surface area contributed by atoms with Gasteiger partial charge in [0.2, 0.25) is 15.9 Å². The van der Waals surface area contributed by atoms with Crippen LogP contribution in [-0.2, 0) is 32.6 Å². The summed E-state index contributed by atoms with van der Waals surface area (Å²) in [5.41, 5.74) is 2.24. The molecule has 4 aromatic rings. The highest BCUT2D eigenvalue weighted by Crippen LogP contribution is 2.34. The Balaban J connectivity index is 1.39. The molecule has 1 atom stereocenters.